The van der Waals surface area contributed by atoms with E-state index < -0.39 is 24.3 Å². The molecule has 0 aliphatic carbocycles. The van der Waals surface area contributed by atoms with Crippen LogP contribution in [0.5, 0.6) is 0 Å². The van der Waals surface area contributed by atoms with Crippen molar-refractivity contribution in [1.82, 2.24) is 0 Å². The number of aliphatic carboxylic acids is 1. The number of carboxylic acid groups (broad SMARTS) is 1. The van der Waals surface area contributed by atoms with Crippen molar-refractivity contribution in [3.8, 4) is 0 Å². The quantitative estimate of drug-likeness (QED) is 0.0217. The number of rotatable bonds is 39. The highest BCUT2D eigenvalue weighted by molar-refractivity contribution is 5.71. The Morgan fingerprint density at radius 2 is 1.02 bits per heavy atom. The van der Waals surface area contributed by atoms with E-state index >= 15 is 0 Å². The molecule has 53 heavy (non-hydrogen) atoms. The van der Waals surface area contributed by atoms with E-state index in [1.165, 1.54) is 89.9 Å². The van der Waals surface area contributed by atoms with Gasteiger partial charge >= 0.3 is 17.9 Å². The normalized spacial score (nSPS) is 13.2. The zero-order chi connectivity index (χ0) is 39.3. The van der Waals surface area contributed by atoms with Gasteiger partial charge in [0.25, 0.3) is 6.29 Å². The number of carbonyl (C=O) groups excluding carboxylic acids is 2. The summed E-state index contributed by atoms with van der Waals surface area (Å²) in [6.45, 7) is 4.83. The van der Waals surface area contributed by atoms with E-state index in [-0.39, 0.29) is 32.2 Å². The molecule has 1 N–H and O–H groups in total. The Morgan fingerprint density at radius 3 is 1.51 bits per heavy atom. The van der Waals surface area contributed by atoms with Crippen LogP contribution in [0.4, 0.5) is 0 Å². The van der Waals surface area contributed by atoms with Crippen molar-refractivity contribution in [1.29, 1.82) is 0 Å². The van der Waals surface area contributed by atoms with E-state index in [9.17, 15) is 19.5 Å². The number of carboxylic acids is 1. The highest BCUT2D eigenvalue weighted by Gasteiger charge is 2.25. The second-order valence-corrected chi connectivity index (χ2v) is 15.7. The van der Waals surface area contributed by atoms with Crippen molar-refractivity contribution < 1.29 is 42.9 Å². The predicted octanol–water partition coefficient (Wildman–Crippen LogP) is 10.9. The lowest BCUT2D eigenvalue weighted by atomic mass is 10.0. The maximum absolute atomic E-state index is 12.7. The molecule has 0 aliphatic rings. The molecule has 9 heteroatoms. The van der Waals surface area contributed by atoms with Crippen LogP contribution in [0, 0.1) is 0 Å². The lowest BCUT2D eigenvalue weighted by Crippen LogP contribution is -2.40. The van der Waals surface area contributed by atoms with Gasteiger partial charge in [-0.15, -0.1) is 0 Å². The number of unbranched alkanes of at least 4 members (excludes halogenated alkanes) is 20. The van der Waals surface area contributed by atoms with Gasteiger partial charge in [0.2, 0.25) is 0 Å². The molecule has 0 aromatic carbocycles. The Morgan fingerprint density at radius 1 is 0.566 bits per heavy atom. The van der Waals surface area contributed by atoms with Gasteiger partial charge in [0, 0.05) is 12.8 Å². The van der Waals surface area contributed by atoms with Crippen LogP contribution in [-0.2, 0) is 33.3 Å². The topological polar surface area (TPSA) is 108 Å². The number of ether oxygens (including phenoxy) is 4. The van der Waals surface area contributed by atoms with Gasteiger partial charge in [0.05, 0.1) is 34.4 Å². The lowest BCUT2D eigenvalue weighted by molar-refractivity contribution is -0.870. The molecule has 0 saturated carbocycles. The summed E-state index contributed by atoms with van der Waals surface area (Å²) in [5, 5.41) is 9.61. The first-order chi connectivity index (χ1) is 25.6. The molecule has 9 nitrogen and oxygen atoms in total. The SMILES string of the molecule is CCCCCC/C=C\C/C=C\CCCCCCCC(=O)OC(COC(=O)CCCCCCCCCCCCCC)COC(OCC[N+](C)(C)C)C(=O)O. The first kappa shape index (κ1) is 50.8. The molecule has 0 heterocycles. The fourth-order valence-corrected chi connectivity index (χ4v) is 5.81. The maximum atomic E-state index is 12.7. The number of nitrogens with zero attached hydrogens (tertiary/aromatic N) is 1. The minimum atomic E-state index is -1.51. The zero-order valence-corrected chi connectivity index (χ0v) is 34.9. The molecule has 2 unspecified atom stereocenters. The van der Waals surface area contributed by atoms with Crippen LogP contribution in [0.1, 0.15) is 181 Å². The number of carbonyl (C=O) groups is 3. The first-order valence-corrected chi connectivity index (χ1v) is 21.5. The molecule has 0 aromatic rings. The highest BCUT2D eigenvalue weighted by Crippen LogP contribution is 2.14. The molecule has 0 fully saturated rings. The van der Waals surface area contributed by atoms with Crippen LogP contribution in [0.15, 0.2) is 24.3 Å². The number of hydrogen-bond donors (Lipinski definition) is 1. The van der Waals surface area contributed by atoms with Crippen LogP contribution < -0.4 is 0 Å². The predicted molar refractivity (Wildman–Crippen MR) is 217 cm³/mol. The Bertz CT molecular complexity index is 929. The summed E-state index contributed by atoms with van der Waals surface area (Å²) in [7, 11) is 5.95. The van der Waals surface area contributed by atoms with Crippen LogP contribution in [0.3, 0.4) is 0 Å². The third kappa shape index (κ3) is 37.9. The average Bonchev–Trinajstić information content (AvgIpc) is 3.11. The largest absolute Gasteiger partial charge is 0.477 e. The molecule has 0 rings (SSSR count). The van der Waals surface area contributed by atoms with Crippen LogP contribution >= 0.6 is 0 Å². The first-order valence-electron chi connectivity index (χ1n) is 21.5. The Labute approximate surface area is 325 Å². The van der Waals surface area contributed by atoms with Crippen molar-refractivity contribution in [3.05, 3.63) is 24.3 Å². The van der Waals surface area contributed by atoms with Crippen molar-refractivity contribution in [2.75, 3.05) is 47.5 Å². The molecular weight excluding hydrogens is 670 g/mol. The number of likely N-dealkylation sites (N-methyl/N-ethyl adjacent to an activating group) is 1. The summed E-state index contributed by atoms with van der Waals surface area (Å²) < 4.78 is 22.7. The van der Waals surface area contributed by atoms with E-state index in [4.69, 9.17) is 18.9 Å². The summed E-state index contributed by atoms with van der Waals surface area (Å²) in [5.74, 6) is -2.02. The second kappa shape index (κ2) is 36.7. The van der Waals surface area contributed by atoms with Crippen molar-refractivity contribution in [3.63, 3.8) is 0 Å². The van der Waals surface area contributed by atoms with Gasteiger partial charge in [-0.3, -0.25) is 9.59 Å². The average molecular weight is 753 g/mol. The molecular formula is C44H82NO8+. The van der Waals surface area contributed by atoms with Crippen molar-refractivity contribution in [2.45, 2.75) is 193 Å². The van der Waals surface area contributed by atoms with Gasteiger partial charge in [-0.1, -0.05) is 147 Å². The Hall–Kier alpha value is -2.23. The van der Waals surface area contributed by atoms with Crippen LogP contribution in [-0.4, -0.2) is 87.4 Å². The van der Waals surface area contributed by atoms with Gasteiger partial charge in [-0.2, -0.15) is 0 Å². The summed E-state index contributed by atoms with van der Waals surface area (Å²) >= 11 is 0. The summed E-state index contributed by atoms with van der Waals surface area (Å²) in [4.78, 5) is 37.0. The highest BCUT2D eigenvalue weighted by atomic mass is 16.7. The van der Waals surface area contributed by atoms with Crippen LogP contribution in [0.2, 0.25) is 0 Å². The van der Waals surface area contributed by atoms with Gasteiger partial charge in [-0.05, 0) is 44.9 Å². The lowest BCUT2D eigenvalue weighted by Gasteiger charge is -2.25. The number of quaternary nitrogens is 1. The standard InChI is InChI=1S/C44H81NO8/c1-6-8-10-12-14-16-18-20-21-22-23-25-27-29-31-33-35-42(47)53-40(39-52-44(43(48)49)50-37-36-45(3,4)5)38-51-41(46)34-32-30-28-26-24-19-17-15-13-11-9-7-2/h16,18,21-22,40,44H,6-15,17,19-20,23-39H2,1-5H3/p+1/b18-16-,22-21-. The molecule has 0 amide bonds. The summed E-state index contributed by atoms with van der Waals surface area (Å²) in [6.07, 6.45) is 35.1. The fraction of sp³-hybridized carbons (Fsp3) is 0.841. The number of allylic oxidation sites excluding steroid dienone is 4. The maximum Gasteiger partial charge on any atom is 0.361 e. The fourth-order valence-electron chi connectivity index (χ4n) is 5.81. The van der Waals surface area contributed by atoms with Gasteiger partial charge in [0.1, 0.15) is 13.2 Å². The summed E-state index contributed by atoms with van der Waals surface area (Å²) in [6, 6.07) is 0. The number of hydrogen-bond acceptors (Lipinski definition) is 7. The molecule has 2 atom stereocenters. The monoisotopic (exact) mass is 753 g/mol. The molecule has 0 radical (unpaired) electrons. The van der Waals surface area contributed by atoms with Gasteiger partial charge in [-0.25, -0.2) is 4.79 Å². The molecule has 0 aromatic heterocycles. The van der Waals surface area contributed by atoms with Crippen molar-refractivity contribution in [2.24, 2.45) is 0 Å². The van der Waals surface area contributed by atoms with E-state index in [1.54, 1.807) is 0 Å². The molecule has 0 aliphatic heterocycles. The summed E-state index contributed by atoms with van der Waals surface area (Å²) in [5.41, 5.74) is 0. The minimum absolute atomic E-state index is 0.184. The van der Waals surface area contributed by atoms with Crippen molar-refractivity contribution >= 4 is 17.9 Å². The molecule has 310 valence electrons. The van der Waals surface area contributed by atoms with Crippen LogP contribution in [0.25, 0.3) is 0 Å². The Kier molecular flexibility index (Phi) is 35.2. The van der Waals surface area contributed by atoms with E-state index in [1.807, 2.05) is 21.1 Å². The third-order valence-corrected chi connectivity index (χ3v) is 9.21. The molecule has 0 bridgehead atoms. The molecule has 0 saturated heterocycles. The van der Waals surface area contributed by atoms with Gasteiger partial charge < -0.3 is 28.5 Å². The minimum Gasteiger partial charge on any atom is -0.477 e. The van der Waals surface area contributed by atoms with E-state index in [0.717, 1.165) is 57.8 Å². The zero-order valence-electron chi connectivity index (χ0n) is 34.9. The third-order valence-electron chi connectivity index (χ3n) is 9.21. The molecule has 0 spiro atoms. The van der Waals surface area contributed by atoms with E-state index in [2.05, 4.69) is 38.2 Å². The smallest absolute Gasteiger partial charge is 0.361 e. The number of esters is 2. The second-order valence-electron chi connectivity index (χ2n) is 15.7. The Balaban J connectivity index is 4.49. The van der Waals surface area contributed by atoms with E-state index in [0.29, 0.717) is 23.9 Å². The van der Waals surface area contributed by atoms with Gasteiger partial charge in [0.15, 0.2) is 6.10 Å².